The van der Waals surface area contributed by atoms with Crippen LogP contribution in [0.4, 0.5) is 15.8 Å². The standard InChI is InChI=1S/C19H22FN3O2/c1-25-18-7-3-6-17(13-18)23-10-8-22(9-11-23)14-19(24)21-16-5-2-4-15(20)12-16/h2-7,12-13H,8-11,14H2,1H3,(H,21,24). The van der Waals surface area contributed by atoms with E-state index in [9.17, 15) is 9.18 Å². The number of piperazine rings is 1. The lowest BCUT2D eigenvalue weighted by molar-refractivity contribution is -0.117. The molecule has 1 aliphatic rings. The molecule has 0 radical (unpaired) electrons. The molecule has 0 aliphatic carbocycles. The van der Waals surface area contributed by atoms with Gasteiger partial charge in [-0.2, -0.15) is 0 Å². The highest BCUT2D eigenvalue weighted by Gasteiger charge is 2.19. The summed E-state index contributed by atoms with van der Waals surface area (Å²) in [6.07, 6.45) is 0. The molecule has 2 aromatic rings. The monoisotopic (exact) mass is 343 g/mol. The van der Waals surface area contributed by atoms with Crippen molar-refractivity contribution < 1.29 is 13.9 Å². The fourth-order valence-electron chi connectivity index (χ4n) is 2.94. The number of benzene rings is 2. The molecule has 0 atom stereocenters. The summed E-state index contributed by atoms with van der Waals surface area (Å²) >= 11 is 0. The molecule has 0 saturated carbocycles. The van der Waals surface area contributed by atoms with Crippen LogP contribution < -0.4 is 15.0 Å². The van der Waals surface area contributed by atoms with Crippen LogP contribution in [0.25, 0.3) is 0 Å². The van der Waals surface area contributed by atoms with Crippen molar-refractivity contribution >= 4 is 17.3 Å². The van der Waals surface area contributed by atoms with Crippen molar-refractivity contribution in [3.05, 3.63) is 54.3 Å². The summed E-state index contributed by atoms with van der Waals surface area (Å²) in [7, 11) is 1.66. The van der Waals surface area contributed by atoms with Gasteiger partial charge in [0, 0.05) is 43.6 Å². The van der Waals surface area contributed by atoms with E-state index in [0.29, 0.717) is 12.2 Å². The number of carbonyl (C=O) groups excluding carboxylic acids is 1. The number of amides is 1. The second-order valence-electron chi connectivity index (χ2n) is 6.02. The topological polar surface area (TPSA) is 44.8 Å². The van der Waals surface area contributed by atoms with E-state index in [4.69, 9.17) is 4.74 Å². The van der Waals surface area contributed by atoms with E-state index >= 15 is 0 Å². The lowest BCUT2D eigenvalue weighted by Gasteiger charge is -2.35. The average Bonchev–Trinajstić information content (AvgIpc) is 2.62. The normalized spacial score (nSPS) is 15.0. The number of carbonyl (C=O) groups is 1. The predicted octanol–water partition coefficient (Wildman–Crippen LogP) is 2.60. The minimum atomic E-state index is -0.357. The van der Waals surface area contributed by atoms with E-state index in [2.05, 4.69) is 21.2 Å². The maximum absolute atomic E-state index is 13.2. The van der Waals surface area contributed by atoms with Gasteiger partial charge in [-0.25, -0.2) is 4.39 Å². The Morgan fingerprint density at radius 2 is 1.88 bits per heavy atom. The number of rotatable bonds is 5. The van der Waals surface area contributed by atoms with Crippen molar-refractivity contribution in [3.8, 4) is 5.75 Å². The van der Waals surface area contributed by atoms with Gasteiger partial charge in [0.15, 0.2) is 0 Å². The minimum Gasteiger partial charge on any atom is -0.497 e. The van der Waals surface area contributed by atoms with Gasteiger partial charge in [-0.1, -0.05) is 12.1 Å². The molecule has 6 heteroatoms. The number of hydrogen-bond acceptors (Lipinski definition) is 4. The van der Waals surface area contributed by atoms with Crippen molar-refractivity contribution in [2.24, 2.45) is 0 Å². The van der Waals surface area contributed by atoms with Gasteiger partial charge in [0.05, 0.1) is 13.7 Å². The Bertz CT molecular complexity index is 730. The number of ether oxygens (including phenoxy) is 1. The molecule has 1 fully saturated rings. The molecule has 1 amide bonds. The van der Waals surface area contributed by atoms with Crippen molar-refractivity contribution in [3.63, 3.8) is 0 Å². The highest BCUT2D eigenvalue weighted by atomic mass is 19.1. The first-order chi connectivity index (χ1) is 12.1. The Kier molecular flexibility index (Phi) is 5.50. The highest BCUT2D eigenvalue weighted by molar-refractivity contribution is 5.92. The number of nitrogens with zero attached hydrogens (tertiary/aromatic N) is 2. The Hall–Kier alpha value is -2.60. The van der Waals surface area contributed by atoms with Gasteiger partial charge in [0.1, 0.15) is 11.6 Å². The van der Waals surface area contributed by atoms with Crippen LogP contribution in [0.1, 0.15) is 0 Å². The fourth-order valence-corrected chi connectivity index (χ4v) is 2.94. The first kappa shape index (κ1) is 17.2. The van der Waals surface area contributed by atoms with Gasteiger partial charge >= 0.3 is 0 Å². The summed E-state index contributed by atoms with van der Waals surface area (Å²) in [5.41, 5.74) is 1.61. The average molecular weight is 343 g/mol. The Morgan fingerprint density at radius 1 is 1.12 bits per heavy atom. The summed E-state index contributed by atoms with van der Waals surface area (Å²) in [6.45, 7) is 3.60. The van der Waals surface area contributed by atoms with Crippen LogP contribution >= 0.6 is 0 Å². The molecular formula is C19H22FN3O2. The SMILES string of the molecule is COc1cccc(N2CCN(CC(=O)Nc3cccc(F)c3)CC2)c1. The van der Waals surface area contributed by atoms with Gasteiger partial charge in [-0.15, -0.1) is 0 Å². The van der Waals surface area contributed by atoms with Crippen LogP contribution in [-0.2, 0) is 4.79 Å². The number of hydrogen-bond donors (Lipinski definition) is 1. The summed E-state index contributed by atoms with van der Waals surface area (Å²) in [6, 6.07) is 13.9. The van der Waals surface area contributed by atoms with E-state index in [1.807, 2.05) is 18.2 Å². The number of nitrogens with one attached hydrogen (secondary N) is 1. The maximum Gasteiger partial charge on any atom is 0.238 e. The van der Waals surface area contributed by atoms with Gasteiger partial charge in [-0.05, 0) is 30.3 Å². The minimum absolute atomic E-state index is 0.125. The lowest BCUT2D eigenvalue weighted by atomic mass is 10.2. The molecule has 0 bridgehead atoms. The smallest absolute Gasteiger partial charge is 0.238 e. The van der Waals surface area contributed by atoms with Gasteiger partial charge in [-0.3, -0.25) is 9.69 Å². The molecule has 2 aromatic carbocycles. The van der Waals surface area contributed by atoms with E-state index in [1.165, 1.54) is 12.1 Å². The van der Waals surface area contributed by atoms with E-state index in [1.54, 1.807) is 19.2 Å². The molecule has 132 valence electrons. The van der Waals surface area contributed by atoms with Gasteiger partial charge in [0.25, 0.3) is 0 Å². The van der Waals surface area contributed by atoms with E-state index in [0.717, 1.165) is 37.6 Å². The Labute approximate surface area is 147 Å². The first-order valence-corrected chi connectivity index (χ1v) is 8.31. The third-order valence-corrected chi connectivity index (χ3v) is 4.27. The third kappa shape index (κ3) is 4.70. The van der Waals surface area contributed by atoms with Crippen molar-refractivity contribution in [1.29, 1.82) is 0 Å². The maximum atomic E-state index is 13.2. The van der Waals surface area contributed by atoms with Crippen LogP contribution in [0.15, 0.2) is 48.5 Å². The van der Waals surface area contributed by atoms with Crippen LogP contribution in [-0.4, -0.2) is 50.6 Å². The summed E-state index contributed by atoms with van der Waals surface area (Å²) in [5, 5.41) is 2.74. The molecule has 5 nitrogen and oxygen atoms in total. The Balaban J connectivity index is 1.49. The molecule has 1 N–H and O–H groups in total. The van der Waals surface area contributed by atoms with Crippen LogP contribution in [0.2, 0.25) is 0 Å². The lowest BCUT2D eigenvalue weighted by Crippen LogP contribution is -2.48. The second kappa shape index (κ2) is 7.98. The summed E-state index contributed by atoms with van der Waals surface area (Å²) in [4.78, 5) is 16.5. The molecular weight excluding hydrogens is 321 g/mol. The number of anilines is 2. The number of methoxy groups -OCH3 is 1. The van der Waals surface area contributed by atoms with Crippen molar-refractivity contribution in [2.45, 2.75) is 0 Å². The van der Waals surface area contributed by atoms with Crippen LogP contribution in [0, 0.1) is 5.82 Å². The number of halogens is 1. The largest absolute Gasteiger partial charge is 0.497 e. The highest BCUT2D eigenvalue weighted by Crippen LogP contribution is 2.22. The van der Waals surface area contributed by atoms with Crippen LogP contribution in [0.3, 0.4) is 0 Å². The molecule has 25 heavy (non-hydrogen) atoms. The zero-order chi connectivity index (χ0) is 17.6. The predicted molar refractivity (Wildman–Crippen MR) is 96.7 cm³/mol. The molecule has 3 rings (SSSR count). The van der Waals surface area contributed by atoms with Crippen molar-refractivity contribution in [1.82, 2.24) is 4.90 Å². The zero-order valence-electron chi connectivity index (χ0n) is 14.2. The first-order valence-electron chi connectivity index (χ1n) is 8.31. The Morgan fingerprint density at radius 3 is 2.60 bits per heavy atom. The molecule has 0 spiro atoms. The molecule has 1 aliphatic heterocycles. The van der Waals surface area contributed by atoms with E-state index in [-0.39, 0.29) is 11.7 Å². The third-order valence-electron chi connectivity index (χ3n) is 4.27. The molecule has 1 saturated heterocycles. The second-order valence-corrected chi connectivity index (χ2v) is 6.02. The van der Waals surface area contributed by atoms with Gasteiger partial charge < -0.3 is 15.0 Å². The molecule has 0 unspecified atom stereocenters. The summed E-state index contributed by atoms with van der Waals surface area (Å²) in [5.74, 6) is 0.361. The van der Waals surface area contributed by atoms with Crippen molar-refractivity contribution in [2.75, 3.05) is 50.1 Å². The molecule has 0 aromatic heterocycles. The quantitative estimate of drug-likeness (QED) is 0.906. The van der Waals surface area contributed by atoms with E-state index < -0.39 is 0 Å². The fraction of sp³-hybridized carbons (Fsp3) is 0.316. The summed E-state index contributed by atoms with van der Waals surface area (Å²) < 4.78 is 18.4. The van der Waals surface area contributed by atoms with Crippen LogP contribution in [0.5, 0.6) is 5.75 Å². The zero-order valence-corrected chi connectivity index (χ0v) is 14.2. The van der Waals surface area contributed by atoms with Gasteiger partial charge in [0.2, 0.25) is 5.91 Å². The molecule has 1 heterocycles.